The molecule has 0 spiro atoms. The zero-order valence-electron chi connectivity index (χ0n) is 14.2. The number of rotatable bonds is 5. The van der Waals surface area contributed by atoms with Crippen LogP contribution < -0.4 is 10.2 Å². The second-order valence-electron chi connectivity index (χ2n) is 6.47. The number of anilines is 1. The van der Waals surface area contributed by atoms with Gasteiger partial charge in [-0.3, -0.25) is 4.79 Å². The van der Waals surface area contributed by atoms with Gasteiger partial charge in [0, 0.05) is 24.7 Å². The predicted octanol–water partition coefficient (Wildman–Crippen LogP) is 3.03. The van der Waals surface area contributed by atoms with Gasteiger partial charge in [-0.15, -0.1) is 0 Å². The second-order valence-corrected chi connectivity index (χ2v) is 6.47. The van der Waals surface area contributed by atoms with Crippen LogP contribution in [0, 0.1) is 0 Å². The van der Waals surface area contributed by atoms with Crippen molar-refractivity contribution in [3.63, 3.8) is 0 Å². The molecule has 1 heterocycles. The average molecular weight is 312 g/mol. The monoisotopic (exact) mass is 312 g/mol. The van der Waals surface area contributed by atoms with Crippen LogP contribution in [-0.4, -0.2) is 28.0 Å². The molecule has 0 aliphatic rings. The third-order valence-corrected chi connectivity index (χ3v) is 3.30. The molecule has 1 N–H and O–H groups in total. The van der Waals surface area contributed by atoms with E-state index in [1.54, 1.807) is 6.07 Å². The van der Waals surface area contributed by atoms with Gasteiger partial charge in [-0.2, -0.15) is 0 Å². The SMILES string of the molecule is CCN(Cc1ccccc1)c1cc(C(=O)NC(C)(C)C)ncn1. The lowest BCUT2D eigenvalue weighted by Crippen LogP contribution is -2.41. The first-order valence-corrected chi connectivity index (χ1v) is 7.82. The fourth-order valence-corrected chi connectivity index (χ4v) is 2.21. The Morgan fingerprint density at radius 1 is 1.17 bits per heavy atom. The largest absolute Gasteiger partial charge is 0.352 e. The lowest BCUT2D eigenvalue weighted by molar-refractivity contribution is 0.0914. The molecule has 2 aromatic rings. The highest BCUT2D eigenvalue weighted by Gasteiger charge is 2.17. The molecule has 0 saturated carbocycles. The summed E-state index contributed by atoms with van der Waals surface area (Å²) in [5, 5.41) is 2.92. The molecule has 5 nitrogen and oxygen atoms in total. The highest BCUT2D eigenvalue weighted by molar-refractivity contribution is 5.93. The van der Waals surface area contributed by atoms with Crippen LogP contribution in [0.3, 0.4) is 0 Å². The van der Waals surface area contributed by atoms with Crippen molar-refractivity contribution >= 4 is 11.7 Å². The maximum Gasteiger partial charge on any atom is 0.270 e. The molecule has 2 rings (SSSR count). The molecular weight excluding hydrogens is 288 g/mol. The molecule has 1 aromatic carbocycles. The smallest absolute Gasteiger partial charge is 0.270 e. The Bertz CT molecular complexity index is 650. The summed E-state index contributed by atoms with van der Waals surface area (Å²) in [5.74, 6) is 0.572. The van der Waals surface area contributed by atoms with Crippen LogP contribution in [0.15, 0.2) is 42.7 Å². The van der Waals surface area contributed by atoms with E-state index < -0.39 is 0 Å². The number of carbonyl (C=O) groups excluding carboxylic acids is 1. The van der Waals surface area contributed by atoms with Gasteiger partial charge in [-0.25, -0.2) is 9.97 Å². The maximum absolute atomic E-state index is 12.3. The van der Waals surface area contributed by atoms with Gasteiger partial charge in [0.1, 0.15) is 17.8 Å². The number of hydrogen-bond donors (Lipinski definition) is 1. The molecule has 0 aliphatic carbocycles. The van der Waals surface area contributed by atoms with Crippen molar-refractivity contribution in [1.82, 2.24) is 15.3 Å². The Morgan fingerprint density at radius 3 is 2.48 bits per heavy atom. The minimum Gasteiger partial charge on any atom is -0.352 e. The molecule has 1 amide bonds. The molecule has 5 heteroatoms. The molecule has 0 atom stereocenters. The van der Waals surface area contributed by atoms with E-state index in [9.17, 15) is 4.79 Å². The molecule has 0 fully saturated rings. The first-order valence-electron chi connectivity index (χ1n) is 7.82. The van der Waals surface area contributed by atoms with Gasteiger partial charge >= 0.3 is 0 Å². The predicted molar refractivity (Wildman–Crippen MR) is 92.4 cm³/mol. The Kier molecular flexibility index (Phi) is 5.32. The fraction of sp³-hybridized carbons (Fsp3) is 0.389. The first-order chi connectivity index (χ1) is 10.9. The molecular formula is C18H24N4O. The third-order valence-electron chi connectivity index (χ3n) is 3.30. The van der Waals surface area contributed by atoms with Gasteiger partial charge in [0.15, 0.2) is 0 Å². The van der Waals surface area contributed by atoms with E-state index in [4.69, 9.17) is 0 Å². The zero-order valence-corrected chi connectivity index (χ0v) is 14.2. The van der Waals surface area contributed by atoms with Gasteiger partial charge in [-0.1, -0.05) is 30.3 Å². The van der Waals surface area contributed by atoms with Crippen molar-refractivity contribution in [2.24, 2.45) is 0 Å². The summed E-state index contributed by atoms with van der Waals surface area (Å²) >= 11 is 0. The topological polar surface area (TPSA) is 58.1 Å². The number of benzene rings is 1. The summed E-state index contributed by atoms with van der Waals surface area (Å²) in [4.78, 5) is 22.8. The van der Waals surface area contributed by atoms with Crippen LogP contribution in [0.25, 0.3) is 0 Å². The normalized spacial score (nSPS) is 11.1. The highest BCUT2D eigenvalue weighted by atomic mass is 16.2. The number of hydrogen-bond acceptors (Lipinski definition) is 4. The van der Waals surface area contributed by atoms with E-state index in [2.05, 4.69) is 39.2 Å². The Balaban J connectivity index is 2.18. The zero-order chi connectivity index (χ0) is 16.9. The minimum atomic E-state index is -0.295. The lowest BCUT2D eigenvalue weighted by atomic mass is 10.1. The minimum absolute atomic E-state index is 0.183. The number of nitrogens with one attached hydrogen (secondary N) is 1. The van der Waals surface area contributed by atoms with E-state index in [0.29, 0.717) is 5.69 Å². The summed E-state index contributed by atoms with van der Waals surface area (Å²) in [6.07, 6.45) is 1.44. The van der Waals surface area contributed by atoms with Gasteiger partial charge in [0.2, 0.25) is 0 Å². The quantitative estimate of drug-likeness (QED) is 0.922. The van der Waals surface area contributed by atoms with E-state index >= 15 is 0 Å². The van der Waals surface area contributed by atoms with Crippen molar-refractivity contribution in [3.05, 3.63) is 54.0 Å². The average Bonchev–Trinajstić information content (AvgIpc) is 2.52. The van der Waals surface area contributed by atoms with E-state index in [1.807, 2.05) is 39.0 Å². The summed E-state index contributed by atoms with van der Waals surface area (Å²) in [7, 11) is 0. The number of nitrogens with zero attached hydrogens (tertiary/aromatic N) is 3. The van der Waals surface area contributed by atoms with E-state index in [-0.39, 0.29) is 11.4 Å². The second kappa shape index (κ2) is 7.22. The van der Waals surface area contributed by atoms with Gasteiger partial charge in [0.25, 0.3) is 5.91 Å². The van der Waals surface area contributed by atoms with Gasteiger partial charge < -0.3 is 10.2 Å². The number of aromatic nitrogens is 2. The Labute approximate surface area is 137 Å². The fourth-order valence-electron chi connectivity index (χ4n) is 2.21. The van der Waals surface area contributed by atoms with Crippen molar-refractivity contribution in [3.8, 4) is 0 Å². The van der Waals surface area contributed by atoms with Crippen molar-refractivity contribution in [2.45, 2.75) is 39.8 Å². The van der Waals surface area contributed by atoms with Crippen LogP contribution in [0.5, 0.6) is 0 Å². The van der Waals surface area contributed by atoms with Crippen LogP contribution in [-0.2, 0) is 6.54 Å². The molecule has 1 aromatic heterocycles. The molecule has 0 unspecified atom stereocenters. The van der Waals surface area contributed by atoms with Crippen LogP contribution in [0.1, 0.15) is 43.7 Å². The van der Waals surface area contributed by atoms with Crippen molar-refractivity contribution in [2.75, 3.05) is 11.4 Å². The number of carbonyl (C=O) groups is 1. The third kappa shape index (κ3) is 5.06. The maximum atomic E-state index is 12.3. The van der Waals surface area contributed by atoms with Crippen LogP contribution in [0.2, 0.25) is 0 Å². The molecule has 122 valence electrons. The molecule has 23 heavy (non-hydrogen) atoms. The van der Waals surface area contributed by atoms with Crippen molar-refractivity contribution in [1.29, 1.82) is 0 Å². The lowest BCUT2D eigenvalue weighted by Gasteiger charge is -2.23. The van der Waals surface area contributed by atoms with Crippen LogP contribution >= 0.6 is 0 Å². The van der Waals surface area contributed by atoms with Gasteiger partial charge in [0.05, 0.1) is 0 Å². The highest BCUT2D eigenvalue weighted by Crippen LogP contribution is 2.15. The summed E-state index contributed by atoms with van der Waals surface area (Å²) in [6.45, 7) is 9.45. The van der Waals surface area contributed by atoms with E-state index in [1.165, 1.54) is 11.9 Å². The Morgan fingerprint density at radius 2 is 1.87 bits per heavy atom. The van der Waals surface area contributed by atoms with E-state index in [0.717, 1.165) is 18.9 Å². The molecule has 0 aliphatic heterocycles. The van der Waals surface area contributed by atoms with Crippen molar-refractivity contribution < 1.29 is 4.79 Å². The van der Waals surface area contributed by atoms with Gasteiger partial charge in [-0.05, 0) is 33.3 Å². The first kappa shape index (κ1) is 16.9. The summed E-state index contributed by atoms with van der Waals surface area (Å²) in [6, 6.07) is 11.9. The summed E-state index contributed by atoms with van der Waals surface area (Å²) < 4.78 is 0. The van der Waals surface area contributed by atoms with Crippen LogP contribution in [0.4, 0.5) is 5.82 Å². The molecule has 0 bridgehead atoms. The summed E-state index contributed by atoms with van der Waals surface area (Å²) in [5.41, 5.74) is 1.29. The molecule has 0 saturated heterocycles. The number of amides is 1. The Hall–Kier alpha value is -2.43. The molecule has 0 radical (unpaired) electrons. The standard InChI is InChI=1S/C18H24N4O/c1-5-22(12-14-9-7-6-8-10-14)16-11-15(19-13-20-16)17(23)21-18(2,3)4/h6-11,13H,5,12H2,1-4H3,(H,21,23).